The summed E-state index contributed by atoms with van der Waals surface area (Å²) in [6.07, 6.45) is 2.85. The average Bonchev–Trinajstić information content (AvgIpc) is 3.24. The topological polar surface area (TPSA) is 83.0 Å². The lowest BCUT2D eigenvalue weighted by atomic mass is 10.2. The Hall–Kier alpha value is -1.93. The number of nitrogens with two attached hydrogens (primary N) is 1. The van der Waals surface area contributed by atoms with Crippen molar-refractivity contribution in [1.29, 1.82) is 0 Å². The number of ether oxygens (including phenoxy) is 1. The van der Waals surface area contributed by atoms with Gasteiger partial charge in [0.1, 0.15) is 11.6 Å². The lowest BCUT2D eigenvalue weighted by Crippen LogP contribution is -2.19. The molecule has 0 aliphatic carbocycles. The predicted molar refractivity (Wildman–Crippen MR) is 97.2 cm³/mol. The molecule has 2 heterocycles. The molecule has 2 atom stereocenters. The Morgan fingerprint density at radius 3 is 3.04 bits per heavy atom. The zero-order chi connectivity index (χ0) is 18.5. The van der Waals surface area contributed by atoms with E-state index in [4.69, 9.17) is 10.5 Å². The molecule has 3 rings (SSSR count). The zero-order valence-corrected chi connectivity index (χ0v) is 15.5. The van der Waals surface area contributed by atoms with Gasteiger partial charge in [0.05, 0.1) is 12.6 Å². The van der Waals surface area contributed by atoms with Crippen LogP contribution in [-0.2, 0) is 22.5 Å². The van der Waals surface area contributed by atoms with E-state index in [1.54, 1.807) is 6.07 Å². The maximum Gasteiger partial charge on any atom is 0.217 e. The van der Waals surface area contributed by atoms with E-state index in [0.717, 1.165) is 36.0 Å². The molecule has 1 aromatic heterocycles. The monoisotopic (exact) mass is 378 g/mol. The summed E-state index contributed by atoms with van der Waals surface area (Å²) in [5, 5.41) is 9.31. The van der Waals surface area contributed by atoms with Crippen LogP contribution < -0.4 is 5.73 Å². The summed E-state index contributed by atoms with van der Waals surface area (Å²) in [6, 6.07) is 6.57. The Morgan fingerprint density at radius 2 is 2.35 bits per heavy atom. The number of carbonyl (C=O) groups excluding carboxylic acids is 1. The second-order valence-corrected chi connectivity index (χ2v) is 7.73. The Labute approximate surface area is 156 Å². The minimum Gasteiger partial charge on any atom is -0.376 e. The number of thioether (sulfide) groups is 1. The van der Waals surface area contributed by atoms with Crippen LogP contribution in [0.25, 0.3) is 0 Å². The standard InChI is InChI=1S/C18H23FN4O2S/c1-12(13-4-2-5-14(19)10-13)26-18-22-21-17(8-7-16(20)24)23(18)11-15-6-3-9-25-15/h2,4-5,10,12,15H,3,6-9,11H2,1H3,(H2,20,24)/t12-,15+/m0/s1. The van der Waals surface area contributed by atoms with Gasteiger partial charge in [0, 0.05) is 24.7 Å². The fourth-order valence-corrected chi connectivity index (χ4v) is 3.98. The number of hydrogen-bond donors (Lipinski definition) is 1. The number of amides is 1. The van der Waals surface area contributed by atoms with Gasteiger partial charge in [0.15, 0.2) is 5.16 Å². The summed E-state index contributed by atoms with van der Waals surface area (Å²) < 4.78 is 21.2. The highest BCUT2D eigenvalue weighted by Gasteiger charge is 2.22. The van der Waals surface area contributed by atoms with E-state index >= 15 is 0 Å². The van der Waals surface area contributed by atoms with Gasteiger partial charge < -0.3 is 15.0 Å². The molecule has 2 N–H and O–H groups in total. The van der Waals surface area contributed by atoms with Crippen LogP contribution in [0.15, 0.2) is 29.4 Å². The van der Waals surface area contributed by atoms with Crippen molar-refractivity contribution in [2.45, 2.75) is 55.7 Å². The average molecular weight is 378 g/mol. The van der Waals surface area contributed by atoms with E-state index in [1.165, 1.54) is 23.9 Å². The summed E-state index contributed by atoms with van der Waals surface area (Å²) in [7, 11) is 0. The molecule has 6 nitrogen and oxygen atoms in total. The molecule has 1 amide bonds. The molecule has 1 aromatic carbocycles. The van der Waals surface area contributed by atoms with Crippen molar-refractivity contribution in [3.63, 3.8) is 0 Å². The highest BCUT2D eigenvalue weighted by Crippen LogP contribution is 2.34. The van der Waals surface area contributed by atoms with Crippen LogP contribution in [0, 0.1) is 5.82 Å². The highest BCUT2D eigenvalue weighted by atomic mass is 32.2. The summed E-state index contributed by atoms with van der Waals surface area (Å²) >= 11 is 1.52. The van der Waals surface area contributed by atoms with Crippen LogP contribution in [0.3, 0.4) is 0 Å². The highest BCUT2D eigenvalue weighted by molar-refractivity contribution is 7.99. The number of aryl methyl sites for hydroxylation is 1. The third-order valence-corrected chi connectivity index (χ3v) is 5.54. The van der Waals surface area contributed by atoms with Crippen molar-refractivity contribution in [3.05, 3.63) is 41.5 Å². The SMILES string of the molecule is C[C@H](Sc1nnc(CCC(N)=O)n1C[C@H]1CCCO1)c1cccc(F)c1. The van der Waals surface area contributed by atoms with E-state index < -0.39 is 0 Å². The molecule has 8 heteroatoms. The molecule has 2 aromatic rings. The number of primary amides is 1. The van der Waals surface area contributed by atoms with Gasteiger partial charge in [-0.1, -0.05) is 23.9 Å². The van der Waals surface area contributed by atoms with Crippen molar-refractivity contribution in [2.75, 3.05) is 6.61 Å². The van der Waals surface area contributed by atoms with Crippen LogP contribution in [0.4, 0.5) is 4.39 Å². The largest absolute Gasteiger partial charge is 0.376 e. The lowest BCUT2D eigenvalue weighted by molar-refractivity contribution is -0.118. The first-order valence-electron chi connectivity index (χ1n) is 8.77. The number of nitrogens with zero attached hydrogens (tertiary/aromatic N) is 3. The van der Waals surface area contributed by atoms with E-state index in [9.17, 15) is 9.18 Å². The number of aromatic nitrogens is 3. The van der Waals surface area contributed by atoms with Gasteiger partial charge in [-0.15, -0.1) is 10.2 Å². The maximum atomic E-state index is 13.5. The molecule has 0 radical (unpaired) electrons. The third kappa shape index (κ3) is 4.82. The minimum atomic E-state index is -0.362. The molecule has 0 saturated carbocycles. The lowest BCUT2D eigenvalue weighted by Gasteiger charge is -2.16. The quantitative estimate of drug-likeness (QED) is 0.714. The fourth-order valence-electron chi connectivity index (χ4n) is 2.99. The van der Waals surface area contributed by atoms with Crippen molar-refractivity contribution in [2.24, 2.45) is 5.73 Å². The van der Waals surface area contributed by atoms with E-state index in [1.807, 2.05) is 17.6 Å². The molecule has 0 unspecified atom stereocenters. The number of hydrogen-bond acceptors (Lipinski definition) is 5. The summed E-state index contributed by atoms with van der Waals surface area (Å²) in [5.41, 5.74) is 6.16. The first-order chi connectivity index (χ1) is 12.5. The molecule has 140 valence electrons. The number of halogens is 1. The molecule has 0 spiro atoms. The Balaban J connectivity index is 1.79. The molecule has 1 aliphatic heterocycles. The van der Waals surface area contributed by atoms with Gasteiger partial charge in [-0.25, -0.2) is 4.39 Å². The third-order valence-electron chi connectivity index (χ3n) is 4.40. The summed E-state index contributed by atoms with van der Waals surface area (Å²) in [5.74, 6) is 0.116. The first-order valence-corrected chi connectivity index (χ1v) is 9.65. The van der Waals surface area contributed by atoms with Crippen molar-refractivity contribution in [3.8, 4) is 0 Å². The summed E-state index contributed by atoms with van der Waals surface area (Å²) in [4.78, 5) is 11.1. The maximum absolute atomic E-state index is 13.5. The van der Waals surface area contributed by atoms with Crippen LogP contribution in [-0.4, -0.2) is 33.4 Å². The Bertz CT molecular complexity index is 761. The van der Waals surface area contributed by atoms with Gasteiger partial charge in [0.25, 0.3) is 0 Å². The zero-order valence-electron chi connectivity index (χ0n) is 14.7. The van der Waals surface area contributed by atoms with E-state index in [0.29, 0.717) is 13.0 Å². The molecule has 1 saturated heterocycles. The minimum absolute atomic E-state index is 0.0159. The van der Waals surface area contributed by atoms with Crippen LogP contribution in [0.1, 0.15) is 42.8 Å². The number of rotatable bonds is 8. The second-order valence-electron chi connectivity index (χ2n) is 6.43. The van der Waals surface area contributed by atoms with Crippen LogP contribution in [0.5, 0.6) is 0 Å². The van der Waals surface area contributed by atoms with Crippen LogP contribution in [0.2, 0.25) is 0 Å². The van der Waals surface area contributed by atoms with Gasteiger partial charge in [0.2, 0.25) is 5.91 Å². The molecule has 1 fully saturated rings. The smallest absolute Gasteiger partial charge is 0.217 e. The number of carbonyl (C=O) groups is 1. The molecular formula is C18H23FN4O2S. The van der Waals surface area contributed by atoms with E-state index in [-0.39, 0.29) is 29.5 Å². The molecule has 26 heavy (non-hydrogen) atoms. The second kappa shape index (κ2) is 8.64. The number of benzene rings is 1. The normalized spacial score (nSPS) is 18.2. The summed E-state index contributed by atoms with van der Waals surface area (Å²) in [6.45, 7) is 3.43. The molecule has 0 bridgehead atoms. The van der Waals surface area contributed by atoms with Gasteiger partial charge in [-0.05, 0) is 37.5 Å². The van der Waals surface area contributed by atoms with Gasteiger partial charge in [-0.2, -0.15) is 0 Å². The first kappa shape index (κ1) is 18.8. The Morgan fingerprint density at radius 1 is 1.50 bits per heavy atom. The van der Waals surface area contributed by atoms with Gasteiger partial charge in [-0.3, -0.25) is 4.79 Å². The van der Waals surface area contributed by atoms with Crippen molar-refractivity contribution < 1.29 is 13.9 Å². The predicted octanol–water partition coefficient (Wildman–Crippen LogP) is 2.87. The van der Waals surface area contributed by atoms with Crippen molar-refractivity contribution >= 4 is 17.7 Å². The van der Waals surface area contributed by atoms with Gasteiger partial charge >= 0.3 is 0 Å². The fraction of sp³-hybridized carbons (Fsp3) is 0.500. The van der Waals surface area contributed by atoms with E-state index in [2.05, 4.69) is 10.2 Å². The van der Waals surface area contributed by atoms with Crippen LogP contribution >= 0.6 is 11.8 Å². The molecule has 1 aliphatic rings. The molecular weight excluding hydrogens is 355 g/mol. The van der Waals surface area contributed by atoms with Crippen molar-refractivity contribution in [1.82, 2.24) is 14.8 Å². The Kier molecular flexibility index (Phi) is 6.26.